The van der Waals surface area contributed by atoms with Crippen LogP contribution < -0.4 is 10.2 Å². The molecule has 2 amide bonds. The van der Waals surface area contributed by atoms with E-state index in [9.17, 15) is 14.0 Å². The van der Waals surface area contributed by atoms with Crippen LogP contribution in [-0.2, 0) is 9.59 Å². The highest BCUT2D eigenvalue weighted by molar-refractivity contribution is 6.46. The van der Waals surface area contributed by atoms with Crippen LogP contribution >= 0.6 is 0 Å². The van der Waals surface area contributed by atoms with Crippen molar-refractivity contribution in [3.8, 4) is 0 Å². The zero-order valence-corrected chi connectivity index (χ0v) is 17.0. The Kier molecular flexibility index (Phi) is 4.96. The van der Waals surface area contributed by atoms with Crippen molar-refractivity contribution in [2.45, 2.75) is 20.8 Å². The van der Waals surface area contributed by atoms with Gasteiger partial charge in [0.25, 0.3) is 11.8 Å². The Hall–Kier alpha value is -3.73. The van der Waals surface area contributed by atoms with E-state index in [1.165, 1.54) is 29.2 Å². The van der Waals surface area contributed by atoms with E-state index < -0.39 is 17.6 Å². The Morgan fingerprint density at radius 3 is 2.13 bits per heavy atom. The topological polar surface area (TPSA) is 49.4 Å². The lowest BCUT2D eigenvalue weighted by Gasteiger charge is -2.19. The van der Waals surface area contributed by atoms with Gasteiger partial charge in [-0.15, -0.1) is 0 Å². The maximum absolute atomic E-state index is 13.5. The lowest BCUT2D eigenvalue weighted by atomic mass is 10.0. The summed E-state index contributed by atoms with van der Waals surface area (Å²) in [5, 5.41) is 3.12. The van der Waals surface area contributed by atoms with Gasteiger partial charge in [0, 0.05) is 5.69 Å². The summed E-state index contributed by atoms with van der Waals surface area (Å²) in [6, 6.07) is 18.6. The molecule has 150 valence electrons. The van der Waals surface area contributed by atoms with E-state index in [-0.39, 0.29) is 11.3 Å². The third-order valence-corrected chi connectivity index (χ3v) is 5.35. The lowest BCUT2D eigenvalue weighted by Crippen LogP contribution is -2.33. The second-order valence-corrected chi connectivity index (χ2v) is 7.41. The van der Waals surface area contributed by atoms with Gasteiger partial charge >= 0.3 is 0 Å². The molecule has 0 radical (unpaired) electrons. The minimum absolute atomic E-state index is 0.177. The van der Waals surface area contributed by atoms with Crippen LogP contribution in [0.3, 0.4) is 0 Å². The first-order chi connectivity index (χ1) is 14.4. The van der Waals surface area contributed by atoms with E-state index in [0.717, 1.165) is 16.7 Å². The van der Waals surface area contributed by atoms with Gasteiger partial charge in [-0.1, -0.05) is 42.0 Å². The number of benzene rings is 3. The molecule has 1 aliphatic heterocycles. The second kappa shape index (κ2) is 7.59. The van der Waals surface area contributed by atoms with Crippen LogP contribution in [0.15, 0.2) is 72.4 Å². The Morgan fingerprint density at radius 2 is 1.47 bits per heavy atom. The lowest BCUT2D eigenvalue weighted by molar-refractivity contribution is -0.120. The van der Waals surface area contributed by atoms with Crippen LogP contribution in [0.5, 0.6) is 0 Å². The van der Waals surface area contributed by atoms with Crippen molar-refractivity contribution in [1.29, 1.82) is 0 Å². The molecule has 0 aliphatic carbocycles. The number of amides is 2. The van der Waals surface area contributed by atoms with Gasteiger partial charge in [0.1, 0.15) is 11.5 Å². The SMILES string of the molecule is Cc1ccc(NC2=C(c3ccc(F)cc3)C(=O)N(c3cccc(C)c3C)C2=O)cc1. The number of imide groups is 1. The fraction of sp³-hybridized carbons (Fsp3) is 0.120. The van der Waals surface area contributed by atoms with E-state index in [1.807, 2.05) is 57.2 Å². The fourth-order valence-electron chi connectivity index (χ4n) is 3.51. The highest BCUT2D eigenvalue weighted by Crippen LogP contribution is 2.35. The summed E-state index contributed by atoms with van der Waals surface area (Å²) in [7, 11) is 0. The molecule has 0 saturated heterocycles. The number of anilines is 2. The van der Waals surface area contributed by atoms with Crippen LogP contribution in [0.25, 0.3) is 5.57 Å². The summed E-state index contributed by atoms with van der Waals surface area (Å²) in [4.78, 5) is 28.0. The standard InChI is InChI=1S/C25H21FN2O2/c1-15-7-13-20(14-8-15)27-23-22(18-9-11-19(26)12-10-18)24(29)28(25(23)30)21-6-4-5-16(2)17(21)3/h4-14,27H,1-3H3. The molecule has 0 saturated carbocycles. The first-order valence-corrected chi connectivity index (χ1v) is 9.65. The van der Waals surface area contributed by atoms with E-state index in [0.29, 0.717) is 16.9 Å². The number of carbonyl (C=O) groups is 2. The molecule has 1 N–H and O–H groups in total. The first kappa shape index (κ1) is 19.6. The third-order valence-electron chi connectivity index (χ3n) is 5.35. The Bertz CT molecular complexity index is 1180. The molecule has 0 spiro atoms. The van der Waals surface area contributed by atoms with Crippen LogP contribution in [-0.4, -0.2) is 11.8 Å². The van der Waals surface area contributed by atoms with Gasteiger partial charge in [-0.3, -0.25) is 9.59 Å². The normalized spacial score (nSPS) is 13.9. The minimum atomic E-state index is -0.436. The molecule has 3 aromatic rings. The highest BCUT2D eigenvalue weighted by Gasteiger charge is 2.40. The van der Waals surface area contributed by atoms with Gasteiger partial charge < -0.3 is 5.32 Å². The molecule has 1 heterocycles. The number of halogens is 1. The molecule has 0 bridgehead atoms. The Labute approximate surface area is 174 Å². The molecule has 30 heavy (non-hydrogen) atoms. The summed E-state index contributed by atoms with van der Waals surface area (Å²) in [5.41, 5.74) is 5.05. The summed E-state index contributed by atoms with van der Waals surface area (Å²) < 4.78 is 13.5. The van der Waals surface area contributed by atoms with E-state index in [1.54, 1.807) is 6.07 Å². The van der Waals surface area contributed by atoms with Crippen molar-refractivity contribution < 1.29 is 14.0 Å². The van der Waals surface area contributed by atoms with Crippen LogP contribution in [0.2, 0.25) is 0 Å². The summed E-state index contributed by atoms with van der Waals surface area (Å²) in [6.07, 6.45) is 0. The smallest absolute Gasteiger partial charge is 0.282 e. The number of nitrogens with zero attached hydrogens (tertiary/aromatic N) is 1. The molecule has 1 aliphatic rings. The van der Waals surface area contributed by atoms with Crippen molar-refractivity contribution in [1.82, 2.24) is 0 Å². The number of hydrogen-bond donors (Lipinski definition) is 1. The van der Waals surface area contributed by atoms with Crippen LogP contribution in [0.1, 0.15) is 22.3 Å². The largest absolute Gasteiger partial charge is 0.350 e. The van der Waals surface area contributed by atoms with Gasteiger partial charge in [-0.05, 0) is 67.8 Å². The maximum atomic E-state index is 13.5. The van der Waals surface area contributed by atoms with E-state index in [2.05, 4.69) is 5.32 Å². The highest BCUT2D eigenvalue weighted by atomic mass is 19.1. The molecular formula is C25H21FN2O2. The molecule has 4 rings (SSSR count). The average Bonchev–Trinajstić information content (AvgIpc) is 2.96. The maximum Gasteiger partial charge on any atom is 0.282 e. The summed E-state index contributed by atoms with van der Waals surface area (Å²) in [5.74, 6) is -1.28. The third kappa shape index (κ3) is 3.39. The number of aryl methyl sites for hydroxylation is 2. The van der Waals surface area contributed by atoms with Gasteiger partial charge in [-0.2, -0.15) is 0 Å². The van der Waals surface area contributed by atoms with Crippen molar-refractivity contribution in [3.63, 3.8) is 0 Å². The quantitative estimate of drug-likeness (QED) is 0.617. The molecule has 3 aromatic carbocycles. The molecule has 4 nitrogen and oxygen atoms in total. The number of carbonyl (C=O) groups excluding carboxylic acids is 2. The molecule has 0 aromatic heterocycles. The second-order valence-electron chi connectivity index (χ2n) is 7.41. The number of hydrogen-bond acceptors (Lipinski definition) is 3. The van der Waals surface area contributed by atoms with Gasteiger partial charge in [0.2, 0.25) is 0 Å². The monoisotopic (exact) mass is 400 g/mol. The van der Waals surface area contributed by atoms with E-state index >= 15 is 0 Å². The van der Waals surface area contributed by atoms with Crippen LogP contribution in [0, 0.1) is 26.6 Å². The zero-order valence-electron chi connectivity index (χ0n) is 17.0. The fourth-order valence-corrected chi connectivity index (χ4v) is 3.51. The molecule has 0 fully saturated rings. The zero-order chi connectivity index (χ0) is 21.4. The summed E-state index contributed by atoms with van der Waals surface area (Å²) in [6.45, 7) is 5.79. The molecular weight excluding hydrogens is 379 g/mol. The Morgan fingerprint density at radius 1 is 0.800 bits per heavy atom. The summed E-state index contributed by atoms with van der Waals surface area (Å²) >= 11 is 0. The van der Waals surface area contributed by atoms with E-state index in [4.69, 9.17) is 0 Å². The van der Waals surface area contributed by atoms with Gasteiger partial charge in [0.05, 0.1) is 11.3 Å². The van der Waals surface area contributed by atoms with Crippen molar-refractivity contribution in [3.05, 3.63) is 100 Å². The molecule has 5 heteroatoms. The molecule has 0 unspecified atom stereocenters. The van der Waals surface area contributed by atoms with Gasteiger partial charge in [0.15, 0.2) is 0 Å². The van der Waals surface area contributed by atoms with Crippen molar-refractivity contribution in [2.24, 2.45) is 0 Å². The first-order valence-electron chi connectivity index (χ1n) is 9.65. The average molecular weight is 400 g/mol. The predicted molar refractivity (Wildman–Crippen MR) is 117 cm³/mol. The van der Waals surface area contributed by atoms with Crippen molar-refractivity contribution >= 4 is 28.8 Å². The van der Waals surface area contributed by atoms with Gasteiger partial charge in [-0.25, -0.2) is 9.29 Å². The molecule has 0 atom stereocenters. The number of rotatable bonds is 4. The minimum Gasteiger partial charge on any atom is -0.350 e. The predicted octanol–water partition coefficient (Wildman–Crippen LogP) is 5.15. The van der Waals surface area contributed by atoms with Crippen molar-refractivity contribution in [2.75, 3.05) is 10.2 Å². The number of nitrogens with one attached hydrogen (secondary N) is 1. The van der Waals surface area contributed by atoms with Crippen LogP contribution in [0.4, 0.5) is 15.8 Å². The Balaban J connectivity index is 1.84.